The number of hydrogen-bond acceptors (Lipinski definition) is 8. The normalized spacial score (nSPS) is 12.6. The smallest absolute Gasteiger partial charge is 0.231 e. The van der Waals surface area contributed by atoms with Crippen molar-refractivity contribution < 1.29 is 14.2 Å². The van der Waals surface area contributed by atoms with E-state index in [2.05, 4.69) is 20.1 Å². The highest BCUT2D eigenvalue weighted by Crippen LogP contribution is 2.32. The number of thiazole rings is 1. The van der Waals surface area contributed by atoms with Gasteiger partial charge >= 0.3 is 0 Å². The quantitative estimate of drug-likeness (QED) is 0.482. The average molecular weight is 401 g/mol. The first kappa shape index (κ1) is 20.2. The summed E-state index contributed by atoms with van der Waals surface area (Å²) in [7, 11) is 7.04. The summed E-state index contributed by atoms with van der Waals surface area (Å²) in [6, 6.07) is 13.7. The molecule has 1 aromatic heterocycles. The van der Waals surface area contributed by atoms with E-state index in [0.717, 1.165) is 33.9 Å². The Morgan fingerprint density at radius 1 is 1.07 bits per heavy atom. The van der Waals surface area contributed by atoms with Gasteiger partial charge in [0.1, 0.15) is 5.75 Å². The SMILES string of the molecule is COCC(CN(C)c1ccc(N=Nc2nc3ccc(OC)cc3s2)cc1)OC. The van der Waals surface area contributed by atoms with E-state index in [1.165, 1.54) is 11.3 Å². The maximum Gasteiger partial charge on any atom is 0.231 e. The summed E-state index contributed by atoms with van der Waals surface area (Å²) in [6.07, 6.45) is 0.0204. The molecule has 1 heterocycles. The second-order valence-corrected chi connectivity index (χ2v) is 7.25. The topological polar surface area (TPSA) is 68.5 Å². The number of benzene rings is 2. The highest BCUT2D eigenvalue weighted by molar-refractivity contribution is 7.21. The molecule has 0 radical (unpaired) electrons. The Kier molecular flexibility index (Phi) is 6.91. The molecule has 28 heavy (non-hydrogen) atoms. The van der Waals surface area contributed by atoms with Crippen LogP contribution >= 0.6 is 11.3 Å². The van der Waals surface area contributed by atoms with Gasteiger partial charge in [0.15, 0.2) is 0 Å². The van der Waals surface area contributed by atoms with Crippen LogP contribution in [0.15, 0.2) is 52.7 Å². The Morgan fingerprint density at radius 2 is 1.86 bits per heavy atom. The third kappa shape index (κ3) is 5.03. The molecule has 0 fully saturated rings. The zero-order chi connectivity index (χ0) is 19.9. The molecule has 0 N–H and O–H groups in total. The molecule has 0 saturated heterocycles. The number of fused-ring (bicyclic) bond motifs is 1. The molecule has 0 saturated carbocycles. The van der Waals surface area contributed by atoms with Gasteiger partial charge in [-0.05, 0) is 42.5 Å². The van der Waals surface area contributed by atoms with Crippen LogP contribution in [0.2, 0.25) is 0 Å². The van der Waals surface area contributed by atoms with Crippen molar-refractivity contribution in [2.24, 2.45) is 10.2 Å². The van der Waals surface area contributed by atoms with Crippen LogP contribution in [0.25, 0.3) is 10.2 Å². The Labute approximate surface area is 168 Å². The number of ether oxygens (including phenoxy) is 3. The van der Waals surface area contributed by atoms with E-state index in [9.17, 15) is 0 Å². The zero-order valence-corrected chi connectivity index (χ0v) is 17.3. The van der Waals surface area contributed by atoms with Gasteiger partial charge in [0, 0.05) is 33.5 Å². The van der Waals surface area contributed by atoms with Gasteiger partial charge in [0.05, 0.1) is 35.7 Å². The highest BCUT2D eigenvalue weighted by Gasteiger charge is 2.11. The van der Waals surface area contributed by atoms with Crippen molar-refractivity contribution in [3.63, 3.8) is 0 Å². The summed E-state index contributed by atoms with van der Waals surface area (Å²) in [5.41, 5.74) is 2.74. The van der Waals surface area contributed by atoms with Crippen molar-refractivity contribution in [2.45, 2.75) is 6.10 Å². The fraction of sp³-hybridized carbons (Fsp3) is 0.350. The minimum atomic E-state index is 0.0204. The first-order chi connectivity index (χ1) is 13.6. The van der Waals surface area contributed by atoms with Crippen LogP contribution in [0.3, 0.4) is 0 Å². The summed E-state index contributed by atoms with van der Waals surface area (Å²) in [5.74, 6) is 0.806. The van der Waals surface area contributed by atoms with Gasteiger partial charge < -0.3 is 19.1 Å². The first-order valence-electron chi connectivity index (χ1n) is 8.82. The Morgan fingerprint density at radius 3 is 2.54 bits per heavy atom. The van der Waals surface area contributed by atoms with E-state index in [1.807, 2.05) is 49.5 Å². The van der Waals surface area contributed by atoms with Crippen LogP contribution in [0.5, 0.6) is 5.75 Å². The standard InChI is InChI=1S/C20H24N4O3S/c1-24(12-17(27-4)13-25-2)15-7-5-14(6-8-15)22-23-20-21-18-10-9-16(26-3)11-19(18)28-20/h5-11,17H,12-13H2,1-4H3. The maximum atomic E-state index is 5.42. The molecule has 3 aromatic rings. The third-order valence-corrected chi connectivity index (χ3v) is 5.19. The predicted octanol–water partition coefficient (Wildman–Crippen LogP) is 4.82. The monoisotopic (exact) mass is 400 g/mol. The molecular formula is C20H24N4O3S. The van der Waals surface area contributed by atoms with Crippen LogP contribution in [-0.2, 0) is 9.47 Å². The molecule has 3 rings (SSSR count). The lowest BCUT2D eigenvalue weighted by molar-refractivity contribution is 0.0335. The van der Waals surface area contributed by atoms with Crippen molar-refractivity contribution in [1.82, 2.24) is 4.98 Å². The predicted molar refractivity (Wildman–Crippen MR) is 113 cm³/mol. The second kappa shape index (κ2) is 9.59. The molecule has 148 valence electrons. The number of hydrogen-bond donors (Lipinski definition) is 0. The van der Waals surface area contributed by atoms with E-state index in [1.54, 1.807) is 21.3 Å². The minimum absolute atomic E-state index is 0.0204. The zero-order valence-electron chi connectivity index (χ0n) is 16.5. The van der Waals surface area contributed by atoms with E-state index in [4.69, 9.17) is 14.2 Å². The fourth-order valence-electron chi connectivity index (χ4n) is 2.73. The molecule has 0 aliphatic rings. The lowest BCUT2D eigenvalue weighted by Crippen LogP contribution is -2.33. The summed E-state index contributed by atoms with van der Waals surface area (Å²) >= 11 is 1.48. The molecule has 1 unspecified atom stereocenters. The van der Waals surface area contributed by atoms with Crippen LogP contribution in [0, 0.1) is 0 Å². The van der Waals surface area contributed by atoms with E-state index < -0.39 is 0 Å². The number of rotatable bonds is 9. The van der Waals surface area contributed by atoms with Gasteiger partial charge in [-0.2, -0.15) is 0 Å². The van der Waals surface area contributed by atoms with Gasteiger partial charge in [-0.3, -0.25) is 0 Å². The van der Waals surface area contributed by atoms with Gasteiger partial charge in [-0.1, -0.05) is 11.3 Å². The van der Waals surface area contributed by atoms with Crippen molar-refractivity contribution in [2.75, 3.05) is 46.4 Å². The molecule has 8 heteroatoms. The molecular weight excluding hydrogens is 376 g/mol. The van der Waals surface area contributed by atoms with Crippen molar-refractivity contribution in [3.05, 3.63) is 42.5 Å². The van der Waals surface area contributed by atoms with Gasteiger partial charge in [0.2, 0.25) is 5.13 Å². The second-order valence-electron chi connectivity index (χ2n) is 6.24. The third-order valence-electron chi connectivity index (χ3n) is 4.29. The van der Waals surface area contributed by atoms with Crippen molar-refractivity contribution in [3.8, 4) is 5.75 Å². The molecule has 0 aliphatic heterocycles. The molecule has 1 atom stereocenters. The Hall–Kier alpha value is -2.55. The molecule has 0 aliphatic carbocycles. The Bertz CT molecular complexity index is 927. The fourth-order valence-corrected chi connectivity index (χ4v) is 3.54. The average Bonchev–Trinajstić information content (AvgIpc) is 3.14. The van der Waals surface area contributed by atoms with E-state index >= 15 is 0 Å². The lowest BCUT2D eigenvalue weighted by Gasteiger charge is -2.24. The first-order valence-corrected chi connectivity index (χ1v) is 9.64. The molecule has 0 bridgehead atoms. The summed E-state index contributed by atoms with van der Waals surface area (Å²) in [5, 5.41) is 9.19. The van der Waals surface area contributed by atoms with Crippen LogP contribution < -0.4 is 9.64 Å². The highest BCUT2D eigenvalue weighted by atomic mass is 32.1. The van der Waals surface area contributed by atoms with Gasteiger partial charge in [0.25, 0.3) is 0 Å². The van der Waals surface area contributed by atoms with E-state index in [0.29, 0.717) is 11.7 Å². The summed E-state index contributed by atoms with van der Waals surface area (Å²) in [6.45, 7) is 1.29. The number of azo groups is 1. The Balaban J connectivity index is 1.66. The molecule has 2 aromatic carbocycles. The summed E-state index contributed by atoms with van der Waals surface area (Å²) in [4.78, 5) is 6.60. The molecule has 7 nitrogen and oxygen atoms in total. The largest absolute Gasteiger partial charge is 0.497 e. The lowest BCUT2D eigenvalue weighted by atomic mass is 10.2. The molecule has 0 spiro atoms. The van der Waals surface area contributed by atoms with Crippen molar-refractivity contribution >= 4 is 38.1 Å². The maximum absolute atomic E-state index is 5.42. The van der Waals surface area contributed by atoms with Crippen LogP contribution in [0.4, 0.5) is 16.5 Å². The number of aromatic nitrogens is 1. The summed E-state index contributed by atoms with van der Waals surface area (Å²) < 4.78 is 16.9. The minimum Gasteiger partial charge on any atom is -0.497 e. The van der Waals surface area contributed by atoms with Gasteiger partial charge in [-0.15, -0.1) is 10.2 Å². The molecule has 0 amide bonds. The number of anilines is 1. The number of likely N-dealkylation sites (N-methyl/N-ethyl adjacent to an activating group) is 1. The number of methoxy groups -OCH3 is 3. The number of nitrogens with zero attached hydrogens (tertiary/aromatic N) is 4. The van der Waals surface area contributed by atoms with E-state index in [-0.39, 0.29) is 6.10 Å². The van der Waals surface area contributed by atoms with Crippen molar-refractivity contribution in [1.29, 1.82) is 0 Å². The van der Waals surface area contributed by atoms with Crippen LogP contribution in [0.1, 0.15) is 0 Å². The van der Waals surface area contributed by atoms with Crippen LogP contribution in [-0.4, -0.2) is 52.6 Å². The van der Waals surface area contributed by atoms with Gasteiger partial charge in [-0.25, -0.2) is 4.98 Å².